The highest BCUT2D eigenvalue weighted by molar-refractivity contribution is 6.31. The molecule has 10 heteroatoms. The molecule has 0 aliphatic heterocycles. The molecular weight excluding hydrogens is 401 g/mol. The van der Waals surface area contributed by atoms with Crippen LogP contribution in [-0.4, -0.2) is 34.8 Å². The van der Waals surface area contributed by atoms with Crippen molar-refractivity contribution in [2.24, 2.45) is 7.05 Å². The Kier molecular flexibility index (Phi) is 4.59. The van der Waals surface area contributed by atoms with Crippen molar-refractivity contribution in [2.45, 2.75) is 26.9 Å². The number of hydrogen-bond acceptors (Lipinski definition) is 4. The quantitative estimate of drug-likeness (QED) is 0.544. The fourth-order valence-corrected chi connectivity index (χ4v) is 3.89. The van der Waals surface area contributed by atoms with Crippen molar-refractivity contribution in [3.8, 4) is 0 Å². The lowest BCUT2D eigenvalue weighted by Gasteiger charge is -2.10. The summed E-state index contributed by atoms with van der Waals surface area (Å²) in [6, 6.07) is 4.20. The summed E-state index contributed by atoms with van der Waals surface area (Å²) in [5, 5.41) is 9.51. The van der Waals surface area contributed by atoms with Crippen LogP contribution in [0.5, 0.6) is 0 Å². The number of nitrogens with zero attached hydrogens (tertiary/aromatic N) is 5. The molecule has 0 aliphatic rings. The lowest BCUT2D eigenvalue weighted by Crippen LogP contribution is -2.40. The maximum absolute atomic E-state index is 14.3. The number of benzene rings is 1. The Morgan fingerprint density at radius 1 is 1.17 bits per heavy atom. The highest BCUT2D eigenvalue weighted by Crippen LogP contribution is 2.22. The van der Waals surface area contributed by atoms with Gasteiger partial charge in [-0.15, -0.1) is 0 Å². The van der Waals surface area contributed by atoms with E-state index in [-0.39, 0.29) is 34.9 Å². The minimum absolute atomic E-state index is 0.0687. The molecule has 1 N–H and O–H groups in total. The predicted molar refractivity (Wildman–Crippen MR) is 107 cm³/mol. The molecule has 0 saturated heterocycles. The molecule has 0 radical (unpaired) electrons. The van der Waals surface area contributed by atoms with E-state index in [4.69, 9.17) is 11.6 Å². The average Bonchev–Trinajstić information content (AvgIpc) is 3.18. The largest absolute Gasteiger partial charge is 0.395 e. The summed E-state index contributed by atoms with van der Waals surface area (Å²) in [6.07, 6.45) is 0. The van der Waals surface area contributed by atoms with Crippen LogP contribution in [0.2, 0.25) is 5.02 Å². The molecular formula is C19H19ClFN5O3. The summed E-state index contributed by atoms with van der Waals surface area (Å²) in [4.78, 5) is 30.6. The van der Waals surface area contributed by atoms with Gasteiger partial charge >= 0.3 is 5.69 Å². The van der Waals surface area contributed by atoms with Gasteiger partial charge in [-0.25, -0.2) is 9.18 Å². The second-order valence-corrected chi connectivity index (χ2v) is 7.31. The Labute approximate surface area is 169 Å². The molecule has 0 spiro atoms. The minimum Gasteiger partial charge on any atom is -0.395 e. The van der Waals surface area contributed by atoms with E-state index in [2.05, 4.69) is 4.98 Å². The molecule has 4 aromatic rings. The van der Waals surface area contributed by atoms with E-state index in [0.717, 1.165) is 16.0 Å². The van der Waals surface area contributed by atoms with Gasteiger partial charge in [0.2, 0.25) is 5.78 Å². The number of fused-ring (bicyclic) bond motifs is 3. The zero-order valence-electron chi connectivity index (χ0n) is 16.1. The van der Waals surface area contributed by atoms with E-state index in [0.29, 0.717) is 12.3 Å². The molecule has 0 unspecified atom stereocenters. The van der Waals surface area contributed by atoms with E-state index >= 15 is 0 Å². The van der Waals surface area contributed by atoms with E-state index in [1.54, 1.807) is 8.97 Å². The first-order valence-corrected chi connectivity index (χ1v) is 9.37. The van der Waals surface area contributed by atoms with Gasteiger partial charge in [0.25, 0.3) is 5.56 Å². The zero-order chi connectivity index (χ0) is 21.0. The molecule has 4 rings (SSSR count). The highest BCUT2D eigenvalue weighted by Gasteiger charge is 2.23. The molecule has 0 fully saturated rings. The number of imidazole rings is 2. The monoisotopic (exact) mass is 419 g/mol. The first-order valence-electron chi connectivity index (χ1n) is 8.99. The topological polar surface area (TPSA) is 86.5 Å². The third-order valence-electron chi connectivity index (χ3n) is 5.33. The summed E-state index contributed by atoms with van der Waals surface area (Å²) < 4.78 is 19.9. The molecule has 0 amide bonds. The molecule has 0 bridgehead atoms. The smallest absolute Gasteiger partial charge is 0.332 e. The number of aromatic nitrogens is 5. The highest BCUT2D eigenvalue weighted by atomic mass is 35.5. The number of hydrogen-bond donors (Lipinski definition) is 1. The lowest BCUT2D eigenvalue weighted by atomic mass is 10.2. The van der Waals surface area contributed by atoms with Gasteiger partial charge in [-0.1, -0.05) is 17.7 Å². The Bertz CT molecular complexity index is 1380. The van der Waals surface area contributed by atoms with Crippen LogP contribution in [0, 0.1) is 19.7 Å². The first-order chi connectivity index (χ1) is 13.8. The van der Waals surface area contributed by atoms with Crippen molar-refractivity contribution in [2.75, 3.05) is 6.61 Å². The second kappa shape index (κ2) is 6.85. The van der Waals surface area contributed by atoms with E-state index in [1.807, 2.05) is 13.8 Å². The standard InChI is InChI=1S/C19H19ClFN5O3/c1-10-11(2)26-15-16(22-18(26)24(10)7-8-27)23(3)19(29)25(17(15)28)9-12-13(20)5-4-6-14(12)21/h4-6,27H,7-9H2,1-3H3. The third-order valence-corrected chi connectivity index (χ3v) is 5.69. The van der Waals surface area contributed by atoms with Crippen LogP contribution in [0.3, 0.4) is 0 Å². The van der Waals surface area contributed by atoms with Gasteiger partial charge in [0.1, 0.15) is 5.82 Å². The van der Waals surface area contributed by atoms with E-state index < -0.39 is 17.1 Å². The number of aryl methyl sites for hydroxylation is 2. The summed E-state index contributed by atoms with van der Waals surface area (Å²) in [7, 11) is 1.51. The number of aliphatic hydroxyl groups excluding tert-OH is 1. The van der Waals surface area contributed by atoms with Crippen LogP contribution < -0.4 is 11.2 Å². The average molecular weight is 420 g/mol. The Hall–Kier alpha value is -2.91. The SMILES string of the molecule is Cc1c(C)n2c3c(=O)n(Cc4c(F)cccc4Cl)c(=O)n(C)c3nc2n1CCO. The van der Waals surface area contributed by atoms with E-state index in [9.17, 15) is 19.1 Å². The summed E-state index contributed by atoms with van der Waals surface area (Å²) in [5.41, 5.74) is 0.916. The van der Waals surface area contributed by atoms with Crippen LogP contribution in [0.1, 0.15) is 17.0 Å². The second-order valence-electron chi connectivity index (χ2n) is 6.90. The van der Waals surface area contributed by atoms with Gasteiger partial charge in [-0.05, 0) is 26.0 Å². The molecule has 152 valence electrons. The Balaban J connectivity index is 2.08. The predicted octanol–water partition coefficient (Wildman–Crippen LogP) is 1.60. The molecule has 0 saturated carbocycles. The van der Waals surface area contributed by atoms with Crippen LogP contribution in [0.15, 0.2) is 27.8 Å². The maximum Gasteiger partial charge on any atom is 0.332 e. The summed E-state index contributed by atoms with van der Waals surface area (Å²) >= 11 is 6.09. The normalized spacial score (nSPS) is 11.8. The Morgan fingerprint density at radius 3 is 2.55 bits per heavy atom. The zero-order valence-corrected chi connectivity index (χ0v) is 16.9. The lowest BCUT2D eigenvalue weighted by molar-refractivity contribution is 0.276. The maximum atomic E-state index is 14.3. The van der Waals surface area contributed by atoms with Crippen molar-refractivity contribution in [3.63, 3.8) is 0 Å². The van der Waals surface area contributed by atoms with Gasteiger partial charge in [0.15, 0.2) is 11.2 Å². The molecule has 29 heavy (non-hydrogen) atoms. The van der Waals surface area contributed by atoms with Gasteiger partial charge in [0, 0.05) is 35.6 Å². The molecule has 3 heterocycles. The summed E-state index contributed by atoms with van der Waals surface area (Å²) in [5.74, 6) is -0.135. The molecule has 3 aromatic heterocycles. The molecule has 1 aromatic carbocycles. The number of halogens is 2. The van der Waals surface area contributed by atoms with E-state index in [1.165, 1.54) is 29.8 Å². The number of rotatable bonds is 4. The van der Waals surface area contributed by atoms with Crippen LogP contribution in [-0.2, 0) is 20.1 Å². The van der Waals surface area contributed by atoms with Gasteiger partial charge < -0.3 is 9.67 Å². The molecule has 0 atom stereocenters. The van der Waals surface area contributed by atoms with Crippen LogP contribution in [0.4, 0.5) is 4.39 Å². The van der Waals surface area contributed by atoms with Crippen LogP contribution >= 0.6 is 11.6 Å². The van der Waals surface area contributed by atoms with Crippen molar-refractivity contribution in [1.29, 1.82) is 0 Å². The molecule has 8 nitrogen and oxygen atoms in total. The van der Waals surface area contributed by atoms with Gasteiger partial charge in [-0.3, -0.25) is 18.3 Å². The van der Waals surface area contributed by atoms with Gasteiger partial charge in [0.05, 0.1) is 13.2 Å². The van der Waals surface area contributed by atoms with Crippen molar-refractivity contribution in [1.82, 2.24) is 23.1 Å². The van der Waals surface area contributed by atoms with Crippen LogP contribution in [0.25, 0.3) is 16.9 Å². The Morgan fingerprint density at radius 2 is 1.90 bits per heavy atom. The van der Waals surface area contributed by atoms with Gasteiger partial charge in [-0.2, -0.15) is 4.98 Å². The fourth-order valence-electron chi connectivity index (χ4n) is 3.66. The van der Waals surface area contributed by atoms with Crippen molar-refractivity contribution >= 4 is 28.5 Å². The first kappa shape index (κ1) is 19.4. The minimum atomic E-state index is -0.620. The summed E-state index contributed by atoms with van der Waals surface area (Å²) in [6.45, 7) is 3.61. The van der Waals surface area contributed by atoms with Crippen molar-refractivity contribution in [3.05, 3.63) is 66.8 Å². The third kappa shape index (κ3) is 2.72. The van der Waals surface area contributed by atoms with Crippen molar-refractivity contribution < 1.29 is 9.50 Å². The number of aliphatic hydroxyl groups is 1. The fraction of sp³-hybridized carbons (Fsp3) is 0.316. The molecule has 0 aliphatic carbocycles.